The van der Waals surface area contributed by atoms with E-state index >= 15 is 0 Å². The van der Waals surface area contributed by atoms with Crippen molar-refractivity contribution in [3.63, 3.8) is 0 Å². The number of nitrogens with two attached hydrogens (primary N) is 1. The predicted molar refractivity (Wildman–Crippen MR) is 47.7 cm³/mol. The summed E-state index contributed by atoms with van der Waals surface area (Å²) in [6.45, 7) is 0.799. The second-order valence-electron chi connectivity index (χ2n) is 2.87. The van der Waals surface area contributed by atoms with Gasteiger partial charge in [-0.25, -0.2) is 5.84 Å². The molecule has 0 aromatic carbocycles. The first-order valence-electron chi connectivity index (χ1n) is 3.95. The van der Waals surface area contributed by atoms with Crippen LogP contribution in [0.4, 0.5) is 0 Å². The summed E-state index contributed by atoms with van der Waals surface area (Å²) in [5.74, 6) is 4.61. The van der Waals surface area contributed by atoms with E-state index in [2.05, 4.69) is 0 Å². The summed E-state index contributed by atoms with van der Waals surface area (Å²) in [4.78, 5) is 12.4. The minimum Gasteiger partial charge on any atom is -0.389 e. The molecule has 0 aromatic heterocycles. The number of nitrogens with zero attached hydrogens (tertiary/aromatic N) is 1. The summed E-state index contributed by atoms with van der Waals surface area (Å²) in [6, 6.07) is 0. The highest BCUT2D eigenvalue weighted by atomic mass is 16.5. The Kier molecular flexibility index (Phi) is 6.43. The Labute approximate surface area is 77.6 Å². The lowest BCUT2D eigenvalue weighted by atomic mass is 10.3. The molecule has 0 fully saturated rings. The summed E-state index contributed by atoms with van der Waals surface area (Å²) in [5.41, 5.74) is 2.01. The molecule has 1 amide bonds. The van der Waals surface area contributed by atoms with Gasteiger partial charge in [-0.1, -0.05) is 0 Å². The number of nitrogens with one attached hydrogen (secondary N) is 1. The van der Waals surface area contributed by atoms with Crippen molar-refractivity contribution in [3.05, 3.63) is 0 Å². The van der Waals surface area contributed by atoms with Crippen LogP contribution in [0.2, 0.25) is 0 Å². The molecule has 0 radical (unpaired) electrons. The zero-order valence-corrected chi connectivity index (χ0v) is 7.99. The molecule has 13 heavy (non-hydrogen) atoms. The van der Waals surface area contributed by atoms with E-state index in [1.807, 2.05) is 5.43 Å². The van der Waals surface area contributed by atoms with Crippen molar-refractivity contribution in [2.75, 3.05) is 33.9 Å². The van der Waals surface area contributed by atoms with Gasteiger partial charge in [0.25, 0.3) is 0 Å². The van der Waals surface area contributed by atoms with Crippen molar-refractivity contribution in [2.45, 2.75) is 6.10 Å². The zero-order chi connectivity index (χ0) is 10.3. The smallest absolute Gasteiger partial charge is 0.248 e. The number of likely N-dealkylation sites (N-methyl/N-ethyl adjacent to an activating group) is 1. The number of carbonyl (C=O) groups excluding carboxylic acids is 1. The van der Waals surface area contributed by atoms with Crippen LogP contribution in [-0.2, 0) is 9.53 Å². The number of hydrogen-bond acceptors (Lipinski definition) is 5. The molecule has 0 heterocycles. The quantitative estimate of drug-likeness (QED) is 0.255. The Morgan fingerprint density at radius 3 is 2.85 bits per heavy atom. The number of methoxy groups -OCH3 is 1. The average Bonchev–Trinajstić information content (AvgIpc) is 2.04. The number of amides is 1. The van der Waals surface area contributed by atoms with Crippen LogP contribution in [0.1, 0.15) is 0 Å². The largest absolute Gasteiger partial charge is 0.389 e. The molecular weight excluding hydrogens is 174 g/mol. The highest BCUT2D eigenvalue weighted by Gasteiger charge is 2.10. The van der Waals surface area contributed by atoms with E-state index in [-0.39, 0.29) is 19.1 Å². The maximum Gasteiger partial charge on any atom is 0.248 e. The lowest BCUT2D eigenvalue weighted by Gasteiger charge is -2.18. The zero-order valence-electron chi connectivity index (χ0n) is 7.99. The molecule has 1 unspecified atom stereocenters. The first-order valence-corrected chi connectivity index (χ1v) is 3.95. The van der Waals surface area contributed by atoms with Gasteiger partial charge >= 0.3 is 0 Å². The van der Waals surface area contributed by atoms with Gasteiger partial charge in [0.15, 0.2) is 0 Å². The molecule has 0 aliphatic carbocycles. The first kappa shape index (κ1) is 12.3. The lowest BCUT2D eigenvalue weighted by molar-refractivity contribution is -0.122. The second kappa shape index (κ2) is 6.79. The summed E-state index contributed by atoms with van der Waals surface area (Å²) >= 11 is 0. The maximum absolute atomic E-state index is 10.8. The van der Waals surface area contributed by atoms with Gasteiger partial charge in [0, 0.05) is 13.7 Å². The molecule has 0 aliphatic heterocycles. The maximum atomic E-state index is 10.8. The minimum atomic E-state index is -0.583. The Morgan fingerprint density at radius 1 is 1.77 bits per heavy atom. The number of hydrogen-bond donors (Lipinski definition) is 3. The minimum absolute atomic E-state index is 0.164. The molecule has 4 N–H and O–H groups in total. The SMILES string of the molecule is COCC(O)CN(C)CC(=O)NN. The number of hydrazine groups is 1. The van der Waals surface area contributed by atoms with Gasteiger partial charge in [-0.2, -0.15) is 0 Å². The molecule has 1 atom stereocenters. The van der Waals surface area contributed by atoms with Gasteiger partial charge in [-0.05, 0) is 7.05 Å². The Morgan fingerprint density at radius 2 is 2.38 bits per heavy atom. The molecular formula is C7H17N3O3. The van der Waals surface area contributed by atoms with Crippen LogP contribution >= 0.6 is 0 Å². The molecule has 0 bridgehead atoms. The fourth-order valence-corrected chi connectivity index (χ4v) is 0.960. The van der Waals surface area contributed by atoms with E-state index in [1.54, 1.807) is 11.9 Å². The van der Waals surface area contributed by atoms with Crippen molar-refractivity contribution >= 4 is 5.91 Å². The third kappa shape index (κ3) is 6.47. The molecule has 0 saturated carbocycles. The van der Waals surface area contributed by atoms with Crippen LogP contribution in [0.15, 0.2) is 0 Å². The summed E-state index contributed by atoms with van der Waals surface area (Å²) < 4.78 is 4.73. The predicted octanol–water partition coefficient (Wildman–Crippen LogP) is -2.08. The van der Waals surface area contributed by atoms with Gasteiger partial charge in [0.05, 0.1) is 19.3 Å². The standard InChI is InChI=1S/C7H17N3O3/c1-10(4-7(12)9-8)3-6(11)5-13-2/h6,11H,3-5,8H2,1-2H3,(H,9,12). The number of ether oxygens (including phenoxy) is 1. The van der Waals surface area contributed by atoms with Crippen molar-refractivity contribution < 1.29 is 14.6 Å². The van der Waals surface area contributed by atoms with Crippen LogP contribution in [0.5, 0.6) is 0 Å². The third-order valence-corrected chi connectivity index (χ3v) is 1.46. The highest BCUT2D eigenvalue weighted by Crippen LogP contribution is 1.89. The topological polar surface area (TPSA) is 87.8 Å². The van der Waals surface area contributed by atoms with E-state index in [0.717, 1.165) is 0 Å². The van der Waals surface area contributed by atoms with E-state index < -0.39 is 6.10 Å². The molecule has 0 rings (SSSR count). The van der Waals surface area contributed by atoms with Crippen LogP contribution < -0.4 is 11.3 Å². The fraction of sp³-hybridized carbons (Fsp3) is 0.857. The lowest BCUT2D eigenvalue weighted by Crippen LogP contribution is -2.42. The molecule has 6 nitrogen and oxygen atoms in total. The fourth-order valence-electron chi connectivity index (χ4n) is 0.960. The molecule has 0 saturated heterocycles. The monoisotopic (exact) mass is 191 g/mol. The summed E-state index contributed by atoms with van der Waals surface area (Å²) in [5, 5.41) is 9.28. The molecule has 78 valence electrons. The van der Waals surface area contributed by atoms with E-state index in [0.29, 0.717) is 6.54 Å². The molecule has 6 heteroatoms. The molecule has 0 aromatic rings. The highest BCUT2D eigenvalue weighted by molar-refractivity contribution is 5.77. The van der Waals surface area contributed by atoms with Gasteiger partial charge in [0.2, 0.25) is 5.91 Å². The molecule has 0 spiro atoms. The third-order valence-electron chi connectivity index (χ3n) is 1.46. The van der Waals surface area contributed by atoms with Crippen molar-refractivity contribution in [2.24, 2.45) is 5.84 Å². The average molecular weight is 191 g/mol. The molecule has 0 aliphatic rings. The number of aliphatic hydroxyl groups is 1. The Balaban J connectivity index is 3.60. The van der Waals surface area contributed by atoms with Gasteiger partial charge < -0.3 is 9.84 Å². The van der Waals surface area contributed by atoms with Gasteiger partial charge in [-0.15, -0.1) is 0 Å². The van der Waals surface area contributed by atoms with Crippen molar-refractivity contribution in [1.29, 1.82) is 0 Å². The number of rotatable bonds is 6. The van der Waals surface area contributed by atoms with E-state index in [1.165, 1.54) is 7.11 Å². The van der Waals surface area contributed by atoms with Crippen LogP contribution in [-0.4, -0.2) is 55.9 Å². The number of carbonyl (C=O) groups is 1. The Bertz CT molecular complexity index is 154. The van der Waals surface area contributed by atoms with Gasteiger partial charge in [-0.3, -0.25) is 15.1 Å². The van der Waals surface area contributed by atoms with Gasteiger partial charge in [0.1, 0.15) is 0 Å². The summed E-state index contributed by atoms with van der Waals surface area (Å²) in [6.07, 6.45) is -0.583. The van der Waals surface area contributed by atoms with Crippen LogP contribution in [0, 0.1) is 0 Å². The van der Waals surface area contributed by atoms with E-state index in [9.17, 15) is 9.90 Å². The Hall–Kier alpha value is -0.690. The second-order valence-corrected chi connectivity index (χ2v) is 2.87. The van der Waals surface area contributed by atoms with Crippen molar-refractivity contribution in [3.8, 4) is 0 Å². The summed E-state index contributed by atoms with van der Waals surface area (Å²) in [7, 11) is 3.23. The number of aliphatic hydroxyl groups excluding tert-OH is 1. The van der Waals surface area contributed by atoms with Crippen LogP contribution in [0.3, 0.4) is 0 Å². The normalized spacial score (nSPS) is 13.0. The first-order chi connectivity index (χ1) is 6.10. The van der Waals surface area contributed by atoms with E-state index in [4.69, 9.17) is 10.6 Å². The van der Waals surface area contributed by atoms with Crippen LogP contribution in [0.25, 0.3) is 0 Å². The van der Waals surface area contributed by atoms with Crippen molar-refractivity contribution in [1.82, 2.24) is 10.3 Å².